The normalized spacial score (nSPS) is 15.1. The van der Waals surface area contributed by atoms with Gasteiger partial charge >= 0.3 is 0 Å². The summed E-state index contributed by atoms with van der Waals surface area (Å²) in [6.45, 7) is 3.86. The molecule has 2 aromatic rings. The zero-order chi connectivity index (χ0) is 16.2. The van der Waals surface area contributed by atoms with Gasteiger partial charge < -0.3 is 10.4 Å². The molecule has 0 spiro atoms. The van der Waals surface area contributed by atoms with Crippen molar-refractivity contribution in [2.45, 2.75) is 38.3 Å². The Balaban J connectivity index is 2.03. The quantitative estimate of drug-likeness (QED) is 0.859. The van der Waals surface area contributed by atoms with Gasteiger partial charge in [-0.1, -0.05) is 19.1 Å². The van der Waals surface area contributed by atoms with Crippen LogP contribution in [0.4, 0.5) is 4.39 Å². The van der Waals surface area contributed by atoms with Crippen molar-refractivity contribution in [3.8, 4) is 0 Å². The third kappa shape index (κ3) is 3.90. The monoisotopic (exact) mass is 322 g/mol. The van der Waals surface area contributed by atoms with Crippen LogP contribution in [0.5, 0.6) is 0 Å². The van der Waals surface area contributed by atoms with Gasteiger partial charge in [-0.25, -0.2) is 9.37 Å². The van der Waals surface area contributed by atoms with Crippen LogP contribution in [0.3, 0.4) is 0 Å². The number of aliphatic hydroxyl groups excluding tert-OH is 1. The van der Waals surface area contributed by atoms with Gasteiger partial charge in [0.25, 0.3) is 0 Å². The summed E-state index contributed by atoms with van der Waals surface area (Å²) < 4.78 is 13.2. The number of thiazole rings is 1. The number of nitrogens with zero attached hydrogens (tertiary/aromatic N) is 1. The molecule has 6 heteroatoms. The van der Waals surface area contributed by atoms with Crippen molar-refractivity contribution in [2.75, 3.05) is 0 Å². The van der Waals surface area contributed by atoms with Crippen molar-refractivity contribution in [1.82, 2.24) is 10.3 Å². The fraction of sp³-hybridized carbons (Fsp3) is 0.375. The van der Waals surface area contributed by atoms with E-state index in [0.29, 0.717) is 12.0 Å². The number of hydrogen-bond acceptors (Lipinski definition) is 4. The lowest BCUT2D eigenvalue weighted by Crippen LogP contribution is -2.43. The van der Waals surface area contributed by atoms with E-state index in [4.69, 9.17) is 0 Å². The lowest BCUT2D eigenvalue weighted by Gasteiger charge is -2.28. The predicted octanol–water partition coefficient (Wildman–Crippen LogP) is 3.15. The van der Waals surface area contributed by atoms with Crippen LogP contribution in [0, 0.1) is 5.82 Å². The third-order valence-electron chi connectivity index (χ3n) is 3.64. The molecule has 1 aromatic carbocycles. The Hall–Kier alpha value is -1.79. The molecule has 0 aliphatic carbocycles. The number of hydrogen-bond donors (Lipinski definition) is 2. The Labute approximate surface area is 133 Å². The van der Waals surface area contributed by atoms with Crippen molar-refractivity contribution < 1.29 is 14.3 Å². The van der Waals surface area contributed by atoms with Crippen LogP contribution < -0.4 is 5.32 Å². The fourth-order valence-corrected chi connectivity index (χ4v) is 2.98. The Morgan fingerprint density at radius 2 is 2.32 bits per heavy atom. The second-order valence-corrected chi connectivity index (χ2v) is 6.24. The van der Waals surface area contributed by atoms with E-state index < -0.39 is 17.5 Å². The third-order valence-corrected chi connectivity index (χ3v) is 4.68. The second kappa shape index (κ2) is 6.98. The standard InChI is InChI=1S/C16H19FN2O2S/c1-3-16(2,15-18-7-8-22-15)19-14(21)10-13(20)11-5-4-6-12(17)9-11/h4-9,13,20H,3,10H2,1-2H3,(H,19,21). The summed E-state index contributed by atoms with van der Waals surface area (Å²) in [6, 6.07) is 5.64. The van der Waals surface area contributed by atoms with Crippen LogP contribution in [0.1, 0.15) is 43.4 Å². The van der Waals surface area contributed by atoms with Crippen molar-refractivity contribution in [3.63, 3.8) is 0 Å². The molecule has 2 unspecified atom stereocenters. The SMILES string of the molecule is CCC(C)(NC(=O)CC(O)c1cccc(F)c1)c1nccs1. The highest BCUT2D eigenvalue weighted by Crippen LogP contribution is 2.27. The Morgan fingerprint density at radius 3 is 2.91 bits per heavy atom. The molecule has 1 heterocycles. The Kier molecular flexibility index (Phi) is 5.26. The van der Waals surface area contributed by atoms with Gasteiger partial charge in [0.15, 0.2) is 0 Å². The molecule has 1 amide bonds. The number of aliphatic hydroxyl groups is 1. The van der Waals surface area contributed by atoms with Crippen LogP contribution in [0.25, 0.3) is 0 Å². The molecule has 22 heavy (non-hydrogen) atoms. The number of halogens is 1. The molecule has 0 saturated heterocycles. The zero-order valence-corrected chi connectivity index (χ0v) is 13.4. The summed E-state index contributed by atoms with van der Waals surface area (Å²) in [6.07, 6.45) is 1.22. The molecule has 0 saturated carbocycles. The van der Waals surface area contributed by atoms with Gasteiger partial charge in [-0.15, -0.1) is 11.3 Å². The maximum absolute atomic E-state index is 13.2. The first-order valence-corrected chi connectivity index (χ1v) is 7.97. The zero-order valence-electron chi connectivity index (χ0n) is 12.5. The van der Waals surface area contributed by atoms with E-state index in [1.165, 1.54) is 29.5 Å². The van der Waals surface area contributed by atoms with Crippen LogP contribution in [-0.2, 0) is 10.3 Å². The molecule has 1 aromatic heterocycles. The first kappa shape index (κ1) is 16.6. The number of carbonyl (C=O) groups excluding carboxylic acids is 1. The highest BCUT2D eigenvalue weighted by Gasteiger charge is 2.29. The molecule has 0 radical (unpaired) electrons. The number of nitrogens with one attached hydrogen (secondary N) is 1. The van der Waals surface area contributed by atoms with Crippen molar-refractivity contribution >= 4 is 17.2 Å². The summed E-state index contributed by atoms with van der Waals surface area (Å²) in [7, 11) is 0. The van der Waals surface area contributed by atoms with E-state index in [1.807, 2.05) is 19.2 Å². The maximum atomic E-state index is 13.2. The summed E-state index contributed by atoms with van der Waals surface area (Å²) in [4.78, 5) is 16.4. The van der Waals surface area contributed by atoms with Crippen molar-refractivity contribution in [2.24, 2.45) is 0 Å². The lowest BCUT2D eigenvalue weighted by atomic mass is 9.98. The van der Waals surface area contributed by atoms with E-state index in [9.17, 15) is 14.3 Å². The largest absolute Gasteiger partial charge is 0.388 e. The van der Waals surface area contributed by atoms with Gasteiger partial charge in [0, 0.05) is 11.6 Å². The maximum Gasteiger partial charge on any atom is 0.223 e. The average Bonchev–Trinajstić information content (AvgIpc) is 3.01. The molecule has 2 atom stereocenters. The lowest BCUT2D eigenvalue weighted by molar-refractivity contribution is -0.125. The molecule has 2 N–H and O–H groups in total. The van der Waals surface area contributed by atoms with Crippen LogP contribution in [-0.4, -0.2) is 16.0 Å². The Bertz CT molecular complexity index is 633. The first-order chi connectivity index (χ1) is 10.4. The molecular formula is C16H19FN2O2S. The molecular weight excluding hydrogens is 303 g/mol. The molecule has 0 aliphatic rings. The van der Waals surface area contributed by atoms with Gasteiger partial charge in [0.05, 0.1) is 18.1 Å². The number of benzene rings is 1. The van der Waals surface area contributed by atoms with Gasteiger partial charge in [0.2, 0.25) is 5.91 Å². The molecule has 0 bridgehead atoms. The second-order valence-electron chi connectivity index (χ2n) is 5.35. The predicted molar refractivity (Wildman–Crippen MR) is 83.9 cm³/mol. The molecule has 2 rings (SSSR count). The fourth-order valence-electron chi connectivity index (χ4n) is 2.16. The Morgan fingerprint density at radius 1 is 1.55 bits per heavy atom. The molecule has 0 fully saturated rings. The van der Waals surface area contributed by atoms with Crippen LogP contribution in [0.15, 0.2) is 35.8 Å². The first-order valence-electron chi connectivity index (χ1n) is 7.09. The highest BCUT2D eigenvalue weighted by molar-refractivity contribution is 7.09. The van der Waals surface area contributed by atoms with E-state index in [1.54, 1.807) is 12.3 Å². The van der Waals surface area contributed by atoms with E-state index >= 15 is 0 Å². The number of aromatic nitrogens is 1. The summed E-state index contributed by atoms with van der Waals surface area (Å²) in [5, 5.41) is 15.7. The number of amides is 1. The van der Waals surface area contributed by atoms with Crippen LogP contribution in [0.2, 0.25) is 0 Å². The van der Waals surface area contributed by atoms with Gasteiger partial charge in [-0.3, -0.25) is 4.79 Å². The topological polar surface area (TPSA) is 62.2 Å². The van der Waals surface area contributed by atoms with Crippen LogP contribution >= 0.6 is 11.3 Å². The average molecular weight is 322 g/mol. The minimum Gasteiger partial charge on any atom is -0.388 e. The molecule has 4 nitrogen and oxygen atoms in total. The van der Waals surface area contributed by atoms with Crippen molar-refractivity contribution in [3.05, 3.63) is 52.2 Å². The van der Waals surface area contributed by atoms with Gasteiger partial charge in [0.1, 0.15) is 10.8 Å². The van der Waals surface area contributed by atoms with E-state index in [-0.39, 0.29) is 12.3 Å². The van der Waals surface area contributed by atoms with Gasteiger partial charge in [-0.05, 0) is 31.0 Å². The summed E-state index contributed by atoms with van der Waals surface area (Å²) in [5.74, 6) is -0.727. The summed E-state index contributed by atoms with van der Waals surface area (Å²) >= 11 is 1.48. The minimum absolute atomic E-state index is 0.121. The molecule has 0 aliphatic heterocycles. The summed E-state index contributed by atoms with van der Waals surface area (Å²) in [5.41, 5.74) is -0.171. The van der Waals surface area contributed by atoms with Crippen molar-refractivity contribution in [1.29, 1.82) is 0 Å². The molecule has 118 valence electrons. The van der Waals surface area contributed by atoms with E-state index in [2.05, 4.69) is 10.3 Å². The van der Waals surface area contributed by atoms with E-state index in [0.717, 1.165) is 5.01 Å². The number of rotatable bonds is 6. The highest BCUT2D eigenvalue weighted by atomic mass is 32.1. The van der Waals surface area contributed by atoms with Gasteiger partial charge in [-0.2, -0.15) is 0 Å². The smallest absolute Gasteiger partial charge is 0.223 e. The minimum atomic E-state index is -1.03. The number of carbonyl (C=O) groups is 1.